The lowest BCUT2D eigenvalue weighted by atomic mass is 10.5. The first-order chi connectivity index (χ1) is 2.91. The van der Waals surface area contributed by atoms with E-state index in [9.17, 15) is 4.79 Å². The Morgan fingerprint density at radius 3 is 2.67 bits per heavy atom. The molecule has 0 amide bonds. The van der Waals surface area contributed by atoms with E-state index in [-0.39, 0.29) is 0 Å². The summed E-state index contributed by atoms with van der Waals surface area (Å²) >= 11 is 2.20. The summed E-state index contributed by atoms with van der Waals surface area (Å²) in [6.45, 7) is 0. The molecule has 0 fully saturated rings. The molecule has 0 bridgehead atoms. The van der Waals surface area contributed by atoms with Gasteiger partial charge in [0.05, 0.1) is 0 Å². The fourth-order valence-corrected chi connectivity index (χ4v) is 0.425. The topological polar surface area (TPSA) is 17.1 Å². The largest absolute Gasteiger partial charge is 0.234 e. The van der Waals surface area contributed by atoms with Gasteiger partial charge in [-0.15, -0.1) is 0 Å². The molecule has 0 aromatic rings. The predicted octanol–water partition coefficient (Wildman–Crippen LogP) is 1.20. The van der Waals surface area contributed by atoms with Crippen molar-refractivity contribution in [2.24, 2.45) is 0 Å². The van der Waals surface area contributed by atoms with E-state index >= 15 is 0 Å². The molecule has 0 radical (unpaired) electrons. The van der Waals surface area contributed by atoms with E-state index in [1.54, 1.807) is 5.94 Å². The minimum absolute atomic E-state index is 0.851. The first-order valence-electron chi connectivity index (χ1n) is 1.67. The highest BCUT2D eigenvalue weighted by Crippen LogP contribution is 1.85. The van der Waals surface area contributed by atoms with Crippen LogP contribution in [-0.4, -0.2) is 10.4 Å². The monoisotopic (exact) mass is 196 g/mol. The summed E-state index contributed by atoms with van der Waals surface area (Å²) in [6.07, 6.45) is 2.34. The maximum absolute atomic E-state index is 9.38. The van der Waals surface area contributed by atoms with E-state index in [4.69, 9.17) is 0 Å². The molecule has 0 rings (SSSR count). The SMILES string of the molecule is O=C=CCCI. The van der Waals surface area contributed by atoms with E-state index < -0.39 is 0 Å². The van der Waals surface area contributed by atoms with Crippen LogP contribution in [0.25, 0.3) is 0 Å². The van der Waals surface area contributed by atoms with Gasteiger partial charge in [-0.25, -0.2) is 4.79 Å². The summed E-state index contributed by atoms with van der Waals surface area (Å²) < 4.78 is 1.01. The molecular formula is C4H5IO. The minimum atomic E-state index is 0.851. The molecule has 2 heteroatoms. The lowest BCUT2D eigenvalue weighted by Crippen LogP contribution is -1.62. The number of allylic oxidation sites excluding steroid dienone is 1. The Morgan fingerprint density at radius 1 is 1.83 bits per heavy atom. The van der Waals surface area contributed by atoms with Crippen LogP contribution in [-0.2, 0) is 4.79 Å². The summed E-state index contributed by atoms with van der Waals surface area (Å²) in [4.78, 5) is 9.38. The van der Waals surface area contributed by atoms with Gasteiger partial charge in [0, 0.05) is 10.5 Å². The zero-order valence-corrected chi connectivity index (χ0v) is 5.44. The van der Waals surface area contributed by atoms with Crippen molar-refractivity contribution < 1.29 is 4.79 Å². The van der Waals surface area contributed by atoms with Crippen LogP contribution in [0.3, 0.4) is 0 Å². The first-order valence-corrected chi connectivity index (χ1v) is 3.19. The molecule has 6 heavy (non-hydrogen) atoms. The molecule has 0 saturated carbocycles. The molecule has 0 aromatic heterocycles. The zero-order chi connectivity index (χ0) is 4.83. The Morgan fingerprint density at radius 2 is 2.50 bits per heavy atom. The molecule has 0 atom stereocenters. The summed E-state index contributed by atoms with van der Waals surface area (Å²) in [5, 5.41) is 0. The van der Waals surface area contributed by atoms with Gasteiger partial charge in [-0.05, 0) is 6.42 Å². The van der Waals surface area contributed by atoms with Crippen molar-refractivity contribution in [1.82, 2.24) is 0 Å². The quantitative estimate of drug-likeness (QED) is 0.368. The molecule has 0 aliphatic heterocycles. The maximum Gasteiger partial charge on any atom is 0.120 e. The number of halogens is 1. The summed E-state index contributed by atoms with van der Waals surface area (Å²) in [6, 6.07) is 0. The van der Waals surface area contributed by atoms with Crippen LogP contribution in [0.5, 0.6) is 0 Å². The highest BCUT2D eigenvalue weighted by atomic mass is 127. The Balaban J connectivity index is 2.86. The second kappa shape index (κ2) is 5.18. The van der Waals surface area contributed by atoms with Crippen LogP contribution < -0.4 is 0 Å². The number of rotatable bonds is 2. The van der Waals surface area contributed by atoms with Gasteiger partial charge >= 0.3 is 0 Å². The average molecular weight is 196 g/mol. The molecule has 0 spiro atoms. The van der Waals surface area contributed by atoms with Crippen molar-refractivity contribution in [2.45, 2.75) is 6.42 Å². The van der Waals surface area contributed by atoms with Crippen LogP contribution in [0.2, 0.25) is 0 Å². The van der Waals surface area contributed by atoms with Crippen molar-refractivity contribution >= 4 is 28.5 Å². The summed E-state index contributed by atoms with van der Waals surface area (Å²) in [7, 11) is 0. The normalized spacial score (nSPS) is 6.83. The third-order valence-corrected chi connectivity index (χ3v) is 0.960. The van der Waals surface area contributed by atoms with E-state index in [0.717, 1.165) is 10.8 Å². The fraction of sp³-hybridized carbons (Fsp3) is 0.500. The second-order valence-corrected chi connectivity index (χ2v) is 1.88. The van der Waals surface area contributed by atoms with Crippen molar-refractivity contribution in [1.29, 1.82) is 0 Å². The Labute approximate surface area is 50.6 Å². The van der Waals surface area contributed by atoms with Gasteiger partial charge in [0.25, 0.3) is 0 Å². The third kappa shape index (κ3) is 4.18. The highest BCUT2D eigenvalue weighted by Gasteiger charge is 1.67. The number of hydrogen-bond donors (Lipinski definition) is 0. The summed E-state index contributed by atoms with van der Waals surface area (Å²) in [5.41, 5.74) is 0. The van der Waals surface area contributed by atoms with E-state index in [0.29, 0.717) is 0 Å². The Kier molecular flexibility index (Phi) is 5.34. The van der Waals surface area contributed by atoms with Crippen molar-refractivity contribution in [3.8, 4) is 0 Å². The molecule has 34 valence electrons. The lowest BCUT2D eigenvalue weighted by molar-refractivity contribution is 0.568. The van der Waals surface area contributed by atoms with Crippen molar-refractivity contribution in [2.75, 3.05) is 4.43 Å². The number of alkyl halides is 1. The fourth-order valence-electron chi connectivity index (χ4n) is 0.113. The van der Waals surface area contributed by atoms with Crippen molar-refractivity contribution in [3.63, 3.8) is 0 Å². The van der Waals surface area contributed by atoms with Gasteiger partial charge in [0.1, 0.15) is 5.94 Å². The van der Waals surface area contributed by atoms with Crippen LogP contribution in [0.4, 0.5) is 0 Å². The maximum atomic E-state index is 9.38. The molecular weight excluding hydrogens is 191 g/mol. The minimum Gasteiger partial charge on any atom is -0.234 e. The predicted molar refractivity (Wildman–Crippen MR) is 33.8 cm³/mol. The second-order valence-electron chi connectivity index (χ2n) is 0.800. The average Bonchev–Trinajstić information content (AvgIpc) is 1.61. The van der Waals surface area contributed by atoms with Gasteiger partial charge in [0.15, 0.2) is 0 Å². The van der Waals surface area contributed by atoms with Gasteiger partial charge < -0.3 is 0 Å². The third-order valence-electron chi connectivity index (χ3n) is 0.337. The number of hydrogen-bond acceptors (Lipinski definition) is 1. The van der Waals surface area contributed by atoms with E-state index in [2.05, 4.69) is 22.6 Å². The van der Waals surface area contributed by atoms with E-state index in [1.807, 2.05) is 0 Å². The number of carbonyl (C=O) groups excluding carboxylic acids is 1. The van der Waals surface area contributed by atoms with Gasteiger partial charge in [0.2, 0.25) is 0 Å². The Hall–Kier alpha value is 0.180. The van der Waals surface area contributed by atoms with Gasteiger partial charge in [-0.2, -0.15) is 0 Å². The molecule has 1 nitrogen and oxygen atoms in total. The molecule has 0 aliphatic carbocycles. The lowest BCUT2D eigenvalue weighted by Gasteiger charge is -1.69. The van der Waals surface area contributed by atoms with Crippen LogP contribution in [0.15, 0.2) is 6.08 Å². The summed E-state index contributed by atoms with van der Waals surface area (Å²) in [5.74, 6) is 1.69. The van der Waals surface area contributed by atoms with Gasteiger partial charge in [-0.3, -0.25) is 0 Å². The smallest absolute Gasteiger partial charge is 0.120 e. The molecule has 0 aromatic carbocycles. The van der Waals surface area contributed by atoms with E-state index in [1.165, 1.54) is 6.08 Å². The molecule has 0 saturated heterocycles. The molecule has 0 N–H and O–H groups in total. The standard InChI is InChI=1S/C4H5IO/c5-3-1-2-4-6/h2H,1,3H2. The highest BCUT2D eigenvalue weighted by molar-refractivity contribution is 14.1. The first kappa shape index (κ1) is 6.18. The van der Waals surface area contributed by atoms with Crippen molar-refractivity contribution in [3.05, 3.63) is 6.08 Å². The Bertz CT molecular complexity index is 63.9. The molecule has 0 heterocycles. The zero-order valence-electron chi connectivity index (χ0n) is 3.28. The van der Waals surface area contributed by atoms with Crippen LogP contribution >= 0.6 is 22.6 Å². The molecule has 0 unspecified atom stereocenters. The van der Waals surface area contributed by atoms with Crippen LogP contribution in [0, 0.1) is 0 Å². The van der Waals surface area contributed by atoms with Gasteiger partial charge in [-0.1, -0.05) is 22.6 Å². The molecule has 0 aliphatic rings. The van der Waals surface area contributed by atoms with Crippen LogP contribution in [0.1, 0.15) is 6.42 Å².